The lowest BCUT2D eigenvalue weighted by Gasteiger charge is -2.41. The highest BCUT2D eigenvalue weighted by Crippen LogP contribution is 2.25. The smallest absolute Gasteiger partial charge is 0.208 e. The molecular formula is C17H23N3O. The van der Waals surface area contributed by atoms with Crippen molar-refractivity contribution in [3.63, 3.8) is 0 Å². The van der Waals surface area contributed by atoms with Crippen LogP contribution in [-0.4, -0.2) is 29.5 Å². The molecule has 0 aliphatic carbocycles. The normalized spacial score (nSPS) is 23.3. The Morgan fingerprint density at radius 1 is 1.33 bits per heavy atom. The highest BCUT2D eigenvalue weighted by Gasteiger charge is 2.32. The fourth-order valence-electron chi connectivity index (χ4n) is 2.98. The summed E-state index contributed by atoms with van der Waals surface area (Å²) in [7, 11) is 0. The number of aryl methyl sites for hydroxylation is 1. The minimum Gasteiger partial charge on any atom is -0.444 e. The fourth-order valence-corrected chi connectivity index (χ4v) is 2.98. The van der Waals surface area contributed by atoms with Crippen LogP contribution in [0.2, 0.25) is 0 Å². The molecular weight excluding hydrogens is 262 g/mol. The van der Waals surface area contributed by atoms with Gasteiger partial charge in [-0.15, -0.1) is 0 Å². The highest BCUT2D eigenvalue weighted by molar-refractivity contribution is 5.24. The lowest BCUT2D eigenvalue weighted by molar-refractivity contribution is 0.126. The highest BCUT2D eigenvalue weighted by atomic mass is 16.4. The zero-order valence-electron chi connectivity index (χ0n) is 12.8. The first kappa shape index (κ1) is 14.3. The second kappa shape index (κ2) is 6.00. The fraction of sp³-hybridized carbons (Fsp3) is 0.471. The number of piperazine rings is 1. The van der Waals surface area contributed by atoms with E-state index in [1.807, 2.05) is 6.20 Å². The van der Waals surface area contributed by atoms with Gasteiger partial charge in [0.25, 0.3) is 0 Å². The maximum Gasteiger partial charge on any atom is 0.208 e. The van der Waals surface area contributed by atoms with E-state index in [0.717, 1.165) is 44.3 Å². The molecule has 1 atom stereocenters. The average Bonchev–Trinajstić information content (AvgIpc) is 2.96. The van der Waals surface area contributed by atoms with Gasteiger partial charge in [-0.05, 0) is 12.5 Å². The lowest BCUT2D eigenvalue weighted by Crippen LogP contribution is -2.56. The Labute approximate surface area is 126 Å². The zero-order valence-corrected chi connectivity index (χ0v) is 12.8. The molecule has 1 saturated heterocycles. The SMILES string of the molecule is CCc1cnc(CN2CCNC(C)(c3ccccc3)C2)o1. The van der Waals surface area contributed by atoms with Gasteiger partial charge in [-0.25, -0.2) is 4.98 Å². The van der Waals surface area contributed by atoms with Crippen LogP contribution < -0.4 is 5.32 Å². The molecule has 1 aromatic heterocycles. The van der Waals surface area contributed by atoms with E-state index in [1.165, 1.54) is 5.56 Å². The maximum absolute atomic E-state index is 5.74. The van der Waals surface area contributed by atoms with Crippen LogP contribution in [0.25, 0.3) is 0 Å². The molecule has 0 spiro atoms. The van der Waals surface area contributed by atoms with Gasteiger partial charge in [-0.3, -0.25) is 4.90 Å². The van der Waals surface area contributed by atoms with Crippen molar-refractivity contribution in [3.05, 3.63) is 53.7 Å². The molecule has 0 amide bonds. The summed E-state index contributed by atoms with van der Waals surface area (Å²) < 4.78 is 5.74. The molecule has 1 aromatic carbocycles. The topological polar surface area (TPSA) is 41.3 Å². The number of oxazole rings is 1. The van der Waals surface area contributed by atoms with Crippen LogP contribution in [0.1, 0.15) is 31.1 Å². The zero-order chi connectivity index (χ0) is 14.7. The predicted octanol–water partition coefficient (Wildman–Crippen LogP) is 2.56. The Bertz CT molecular complexity index is 581. The first-order valence-electron chi connectivity index (χ1n) is 7.66. The van der Waals surface area contributed by atoms with Gasteiger partial charge in [0.05, 0.1) is 18.3 Å². The van der Waals surface area contributed by atoms with Gasteiger partial charge in [0.1, 0.15) is 5.76 Å². The number of hydrogen-bond acceptors (Lipinski definition) is 4. The Morgan fingerprint density at radius 2 is 2.14 bits per heavy atom. The third-order valence-corrected chi connectivity index (χ3v) is 4.20. The summed E-state index contributed by atoms with van der Waals surface area (Å²) >= 11 is 0. The van der Waals surface area contributed by atoms with Crippen molar-refractivity contribution >= 4 is 0 Å². The number of aromatic nitrogens is 1. The van der Waals surface area contributed by atoms with E-state index in [2.05, 4.69) is 59.4 Å². The first-order valence-corrected chi connectivity index (χ1v) is 7.66. The van der Waals surface area contributed by atoms with Crippen molar-refractivity contribution in [2.45, 2.75) is 32.4 Å². The third kappa shape index (κ3) is 3.17. The summed E-state index contributed by atoms with van der Waals surface area (Å²) in [5, 5.41) is 3.65. The second-order valence-electron chi connectivity index (χ2n) is 5.91. The standard InChI is InChI=1S/C17H23N3O/c1-3-15-11-18-16(21-15)12-20-10-9-19-17(2,13-20)14-7-5-4-6-8-14/h4-8,11,19H,3,9-10,12-13H2,1-2H3. The van der Waals surface area contributed by atoms with Gasteiger partial charge < -0.3 is 9.73 Å². The van der Waals surface area contributed by atoms with Crippen LogP contribution in [0.15, 0.2) is 40.9 Å². The number of nitrogens with one attached hydrogen (secondary N) is 1. The van der Waals surface area contributed by atoms with Crippen LogP contribution in [-0.2, 0) is 18.5 Å². The molecule has 112 valence electrons. The summed E-state index contributed by atoms with van der Waals surface area (Å²) in [5.74, 6) is 1.79. The molecule has 2 heterocycles. The summed E-state index contributed by atoms with van der Waals surface area (Å²) in [5.41, 5.74) is 1.32. The summed E-state index contributed by atoms with van der Waals surface area (Å²) in [4.78, 5) is 6.78. The number of nitrogens with zero attached hydrogens (tertiary/aromatic N) is 2. The summed E-state index contributed by atoms with van der Waals surface area (Å²) in [6.45, 7) is 8.09. The van der Waals surface area contributed by atoms with Crippen molar-refractivity contribution in [3.8, 4) is 0 Å². The minimum absolute atomic E-state index is 0.0142. The number of benzene rings is 1. The Balaban J connectivity index is 1.71. The summed E-state index contributed by atoms with van der Waals surface area (Å²) in [6.07, 6.45) is 2.74. The molecule has 1 fully saturated rings. The van der Waals surface area contributed by atoms with E-state index in [4.69, 9.17) is 4.42 Å². The molecule has 3 rings (SSSR count). The van der Waals surface area contributed by atoms with Crippen LogP contribution in [0.4, 0.5) is 0 Å². The minimum atomic E-state index is -0.0142. The molecule has 0 saturated carbocycles. The van der Waals surface area contributed by atoms with E-state index in [0.29, 0.717) is 0 Å². The molecule has 4 heteroatoms. The van der Waals surface area contributed by atoms with Gasteiger partial charge in [0, 0.05) is 26.1 Å². The Kier molecular flexibility index (Phi) is 4.08. The first-order chi connectivity index (χ1) is 10.2. The van der Waals surface area contributed by atoms with Gasteiger partial charge in [0.2, 0.25) is 5.89 Å². The molecule has 1 aliphatic heterocycles. The van der Waals surface area contributed by atoms with Crippen LogP contribution in [0, 0.1) is 0 Å². The van der Waals surface area contributed by atoms with Crippen LogP contribution in [0.3, 0.4) is 0 Å². The molecule has 4 nitrogen and oxygen atoms in total. The Morgan fingerprint density at radius 3 is 2.86 bits per heavy atom. The van der Waals surface area contributed by atoms with Crippen molar-refractivity contribution in [1.29, 1.82) is 0 Å². The third-order valence-electron chi connectivity index (χ3n) is 4.20. The second-order valence-corrected chi connectivity index (χ2v) is 5.91. The largest absolute Gasteiger partial charge is 0.444 e. The average molecular weight is 285 g/mol. The molecule has 1 aliphatic rings. The maximum atomic E-state index is 5.74. The van der Waals surface area contributed by atoms with E-state index in [9.17, 15) is 0 Å². The molecule has 0 radical (unpaired) electrons. The molecule has 0 bridgehead atoms. The Hall–Kier alpha value is -1.65. The molecule has 1 unspecified atom stereocenters. The number of hydrogen-bond donors (Lipinski definition) is 1. The van der Waals surface area contributed by atoms with Crippen LogP contribution in [0.5, 0.6) is 0 Å². The predicted molar refractivity (Wildman–Crippen MR) is 83.0 cm³/mol. The van der Waals surface area contributed by atoms with Crippen molar-refractivity contribution in [2.75, 3.05) is 19.6 Å². The van der Waals surface area contributed by atoms with Gasteiger partial charge in [-0.2, -0.15) is 0 Å². The summed E-state index contributed by atoms with van der Waals surface area (Å²) in [6, 6.07) is 10.6. The van der Waals surface area contributed by atoms with Gasteiger partial charge in [-0.1, -0.05) is 37.3 Å². The van der Waals surface area contributed by atoms with Crippen molar-refractivity contribution in [1.82, 2.24) is 15.2 Å². The van der Waals surface area contributed by atoms with Crippen molar-refractivity contribution < 1.29 is 4.42 Å². The molecule has 2 aromatic rings. The lowest BCUT2D eigenvalue weighted by atomic mass is 9.89. The molecule has 1 N–H and O–H groups in total. The molecule has 21 heavy (non-hydrogen) atoms. The van der Waals surface area contributed by atoms with Crippen molar-refractivity contribution in [2.24, 2.45) is 0 Å². The van der Waals surface area contributed by atoms with E-state index < -0.39 is 0 Å². The van der Waals surface area contributed by atoms with Crippen LogP contribution >= 0.6 is 0 Å². The van der Waals surface area contributed by atoms with E-state index >= 15 is 0 Å². The van der Waals surface area contributed by atoms with Gasteiger partial charge in [0.15, 0.2) is 0 Å². The quantitative estimate of drug-likeness (QED) is 0.937. The number of rotatable bonds is 4. The van der Waals surface area contributed by atoms with E-state index in [-0.39, 0.29) is 5.54 Å². The monoisotopic (exact) mass is 285 g/mol. The van der Waals surface area contributed by atoms with E-state index in [1.54, 1.807) is 0 Å². The van der Waals surface area contributed by atoms with Gasteiger partial charge >= 0.3 is 0 Å².